The van der Waals surface area contributed by atoms with Gasteiger partial charge in [-0.1, -0.05) is 32.0 Å². The molecule has 0 aliphatic rings. The molecule has 4 heteroatoms. The van der Waals surface area contributed by atoms with Crippen LogP contribution in [0, 0.1) is 5.92 Å². The van der Waals surface area contributed by atoms with Crippen molar-refractivity contribution in [3.05, 3.63) is 29.8 Å². The molecule has 1 aromatic carbocycles. The second-order valence-electron chi connectivity index (χ2n) is 4.79. The highest BCUT2D eigenvalue weighted by atomic mass is 16.5. The summed E-state index contributed by atoms with van der Waals surface area (Å²) in [6, 6.07) is 7.35. The maximum Gasteiger partial charge on any atom is 0.322 e. The molecule has 18 heavy (non-hydrogen) atoms. The predicted molar refractivity (Wildman–Crippen MR) is 73.0 cm³/mol. The van der Waals surface area contributed by atoms with E-state index in [0.717, 1.165) is 17.7 Å². The second-order valence-corrected chi connectivity index (χ2v) is 4.79. The summed E-state index contributed by atoms with van der Waals surface area (Å²) >= 11 is 0. The first kappa shape index (κ1) is 14.5. The van der Waals surface area contributed by atoms with Gasteiger partial charge in [-0.05, 0) is 24.0 Å². The Balaban J connectivity index is 2.62. The number of anilines is 1. The number of nitrogens with one attached hydrogen (secondary N) is 1. The van der Waals surface area contributed by atoms with Gasteiger partial charge in [-0.3, -0.25) is 4.79 Å². The number of ether oxygens (including phenoxy) is 1. The Hall–Kier alpha value is -1.55. The van der Waals surface area contributed by atoms with Crippen LogP contribution in [0.2, 0.25) is 0 Å². The van der Waals surface area contributed by atoms with Gasteiger partial charge in [-0.25, -0.2) is 0 Å². The summed E-state index contributed by atoms with van der Waals surface area (Å²) in [6.45, 7) is 4.72. The van der Waals surface area contributed by atoms with E-state index in [-0.39, 0.29) is 12.0 Å². The lowest BCUT2D eigenvalue weighted by Gasteiger charge is -2.18. The van der Waals surface area contributed by atoms with Gasteiger partial charge >= 0.3 is 5.97 Å². The monoisotopic (exact) mass is 250 g/mol. The number of rotatable bonds is 6. The molecule has 1 aromatic rings. The minimum atomic E-state index is -0.283. The Kier molecular flexibility index (Phi) is 5.65. The van der Waals surface area contributed by atoms with Crippen molar-refractivity contribution in [2.24, 2.45) is 5.92 Å². The summed E-state index contributed by atoms with van der Waals surface area (Å²) in [6.07, 6.45) is 0.749. The van der Waals surface area contributed by atoms with Crippen LogP contribution in [0.15, 0.2) is 24.3 Å². The van der Waals surface area contributed by atoms with E-state index < -0.39 is 0 Å². The molecule has 0 saturated carbocycles. The van der Waals surface area contributed by atoms with Gasteiger partial charge in [0, 0.05) is 12.2 Å². The summed E-state index contributed by atoms with van der Waals surface area (Å²) in [4.78, 5) is 11.6. The lowest BCUT2D eigenvalue weighted by Crippen LogP contribution is -2.38. The average Bonchev–Trinajstić information content (AvgIpc) is 2.34. The number of methoxy groups -OCH3 is 1. The van der Waals surface area contributed by atoms with Gasteiger partial charge in [0.15, 0.2) is 0 Å². The summed E-state index contributed by atoms with van der Waals surface area (Å²) < 4.78 is 4.80. The van der Waals surface area contributed by atoms with E-state index in [2.05, 4.69) is 19.2 Å². The number of hydrogen-bond donors (Lipinski definition) is 2. The Labute approximate surface area is 109 Å². The van der Waals surface area contributed by atoms with Crippen molar-refractivity contribution in [3.63, 3.8) is 0 Å². The molecule has 1 atom stereocenters. The molecule has 1 rings (SSSR count). The number of carbonyl (C=O) groups excluding carboxylic acids is 1. The molecule has 1 unspecified atom stereocenters. The van der Waals surface area contributed by atoms with Gasteiger partial charge in [0.25, 0.3) is 0 Å². The zero-order chi connectivity index (χ0) is 13.5. The van der Waals surface area contributed by atoms with E-state index in [1.165, 1.54) is 7.11 Å². The van der Waals surface area contributed by atoms with E-state index in [0.29, 0.717) is 12.5 Å². The minimum absolute atomic E-state index is 0.224. The van der Waals surface area contributed by atoms with Gasteiger partial charge in [0.05, 0.1) is 7.11 Å². The SMILES string of the molecule is COC(=O)C(CC(C)C)NCc1ccccc1N. The fourth-order valence-electron chi connectivity index (χ4n) is 1.80. The standard InChI is InChI=1S/C14H22N2O2/c1-10(2)8-13(14(17)18-3)16-9-11-6-4-5-7-12(11)15/h4-7,10,13,16H,8-9,15H2,1-3H3. The van der Waals surface area contributed by atoms with Gasteiger partial charge in [0.1, 0.15) is 6.04 Å². The molecule has 0 spiro atoms. The van der Waals surface area contributed by atoms with Crippen LogP contribution >= 0.6 is 0 Å². The third-order valence-corrected chi connectivity index (χ3v) is 2.79. The number of para-hydroxylation sites is 1. The molecule has 100 valence electrons. The topological polar surface area (TPSA) is 64.3 Å². The molecule has 4 nitrogen and oxygen atoms in total. The van der Waals surface area contributed by atoms with Crippen molar-refractivity contribution in [2.45, 2.75) is 32.9 Å². The van der Waals surface area contributed by atoms with E-state index >= 15 is 0 Å². The maximum atomic E-state index is 11.6. The molecule has 0 bridgehead atoms. The summed E-state index contributed by atoms with van der Waals surface area (Å²) in [5.74, 6) is 0.202. The Morgan fingerprint density at radius 3 is 2.61 bits per heavy atom. The van der Waals surface area contributed by atoms with Crippen LogP contribution in [0.1, 0.15) is 25.8 Å². The lowest BCUT2D eigenvalue weighted by atomic mass is 10.0. The first-order valence-corrected chi connectivity index (χ1v) is 6.19. The zero-order valence-electron chi connectivity index (χ0n) is 11.3. The van der Waals surface area contributed by atoms with Crippen molar-refractivity contribution in [1.82, 2.24) is 5.32 Å². The molecule has 0 aliphatic carbocycles. The van der Waals surface area contributed by atoms with Gasteiger partial charge in [-0.15, -0.1) is 0 Å². The maximum absolute atomic E-state index is 11.6. The highest BCUT2D eigenvalue weighted by Gasteiger charge is 2.19. The summed E-state index contributed by atoms with van der Waals surface area (Å²) in [5, 5.41) is 3.20. The molecule has 0 fully saturated rings. The summed E-state index contributed by atoms with van der Waals surface area (Å²) in [7, 11) is 1.41. The third kappa shape index (κ3) is 4.37. The van der Waals surface area contributed by atoms with E-state index in [1.807, 2.05) is 24.3 Å². The molecule has 0 aliphatic heterocycles. The molecule has 0 saturated heterocycles. The number of benzene rings is 1. The highest BCUT2D eigenvalue weighted by molar-refractivity contribution is 5.75. The summed E-state index contributed by atoms with van der Waals surface area (Å²) in [5.41, 5.74) is 7.59. The number of esters is 1. The van der Waals surface area contributed by atoms with Crippen molar-refractivity contribution in [1.29, 1.82) is 0 Å². The molecule has 0 heterocycles. The lowest BCUT2D eigenvalue weighted by molar-refractivity contribution is -0.143. The first-order chi connectivity index (χ1) is 8.54. The molecule has 0 radical (unpaired) electrons. The van der Waals surface area contributed by atoms with Crippen LogP contribution in [0.5, 0.6) is 0 Å². The van der Waals surface area contributed by atoms with Gasteiger partial charge in [0.2, 0.25) is 0 Å². The van der Waals surface area contributed by atoms with E-state index in [1.54, 1.807) is 0 Å². The van der Waals surface area contributed by atoms with Crippen LogP contribution in [-0.4, -0.2) is 19.1 Å². The predicted octanol–water partition coefficient (Wildman–Crippen LogP) is 1.95. The van der Waals surface area contributed by atoms with Crippen LogP contribution in [0.4, 0.5) is 5.69 Å². The number of nitrogens with two attached hydrogens (primary N) is 1. The molecule has 0 amide bonds. The van der Waals surface area contributed by atoms with E-state index in [9.17, 15) is 4.79 Å². The largest absolute Gasteiger partial charge is 0.468 e. The number of carbonyl (C=O) groups is 1. The van der Waals surface area contributed by atoms with Crippen molar-refractivity contribution < 1.29 is 9.53 Å². The average molecular weight is 250 g/mol. The smallest absolute Gasteiger partial charge is 0.322 e. The highest BCUT2D eigenvalue weighted by Crippen LogP contribution is 2.12. The first-order valence-electron chi connectivity index (χ1n) is 6.19. The fourth-order valence-corrected chi connectivity index (χ4v) is 1.80. The normalized spacial score (nSPS) is 12.4. The minimum Gasteiger partial charge on any atom is -0.468 e. The Morgan fingerprint density at radius 1 is 1.39 bits per heavy atom. The van der Waals surface area contributed by atoms with Gasteiger partial charge < -0.3 is 15.8 Å². The van der Waals surface area contributed by atoms with E-state index in [4.69, 9.17) is 10.5 Å². The Bertz CT molecular complexity index is 391. The van der Waals surface area contributed by atoms with Crippen LogP contribution in [0.3, 0.4) is 0 Å². The van der Waals surface area contributed by atoms with Crippen molar-refractivity contribution >= 4 is 11.7 Å². The molecular weight excluding hydrogens is 228 g/mol. The zero-order valence-corrected chi connectivity index (χ0v) is 11.3. The molecule has 0 aromatic heterocycles. The van der Waals surface area contributed by atoms with Crippen molar-refractivity contribution in [2.75, 3.05) is 12.8 Å². The number of nitrogen functional groups attached to an aromatic ring is 1. The quantitative estimate of drug-likeness (QED) is 0.598. The fraction of sp³-hybridized carbons (Fsp3) is 0.500. The van der Waals surface area contributed by atoms with Crippen molar-refractivity contribution in [3.8, 4) is 0 Å². The molecular formula is C14H22N2O2. The van der Waals surface area contributed by atoms with Crippen LogP contribution in [0.25, 0.3) is 0 Å². The molecule has 3 N–H and O–H groups in total. The third-order valence-electron chi connectivity index (χ3n) is 2.79. The van der Waals surface area contributed by atoms with Crippen LogP contribution in [-0.2, 0) is 16.1 Å². The van der Waals surface area contributed by atoms with Gasteiger partial charge in [-0.2, -0.15) is 0 Å². The Morgan fingerprint density at radius 2 is 2.06 bits per heavy atom. The number of hydrogen-bond acceptors (Lipinski definition) is 4. The second kappa shape index (κ2) is 7.01. The van der Waals surface area contributed by atoms with Crippen LogP contribution < -0.4 is 11.1 Å².